The van der Waals surface area contributed by atoms with Crippen LogP contribution < -0.4 is 0 Å². The number of sulfonamides is 1. The van der Waals surface area contributed by atoms with Gasteiger partial charge in [-0.3, -0.25) is 4.79 Å². The lowest BCUT2D eigenvalue weighted by atomic mass is 9.85. The Morgan fingerprint density at radius 2 is 1.79 bits per heavy atom. The molecule has 2 aliphatic rings. The van der Waals surface area contributed by atoms with Crippen LogP contribution in [0.2, 0.25) is 0 Å². The third-order valence-electron chi connectivity index (χ3n) is 4.37. The van der Waals surface area contributed by atoms with Crippen molar-refractivity contribution in [2.45, 2.75) is 69.7 Å². The Balaban J connectivity index is 2.41. The molecule has 19 heavy (non-hydrogen) atoms. The lowest BCUT2D eigenvalue weighted by Gasteiger charge is -2.36. The van der Waals surface area contributed by atoms with Crippen molar-refractivity contribution in [1.29, 1.82) is 0 Å². The third-order valence-corrected chi connectivity index (χ3v) is 6.99. The number of rotatable bonds is 2. The van der Waals surface area contributed by atoms with Crippen LogP contribution in [0.5, 0.6) is 0 Å². The van der Waals surface area contributed by atoms with Gasteiger partial charge in [0.25, 0.3) is 0 Å². The second-order valence-corrected chi connectivity index (χ2v) is 9.25. The predicted octanol–water partition coefficient (Wildman–Crippen LogP) is 1.83. The van der Waals surface area contributed by atoms with Gasteiger partial charge < -0.3 is 5.11 Å². The van der Waals surface area contributed by atoms with E-state index in [0.29, 0.717) is 6.42 Å². The van der Waals surface area contributed by atoms with Gasteiger partial charge in [-0.25, -0.2) is 8.42 Å². The van der Waals surface area contributed by atoms with Crippen LogP contribution in [0.25, 0.3) is 0 Å². The topological polar surface area (TPSA) is 74.7 Å². The van der Waals surface area contributed by atoms with E-state index in [-0.39, 0.29) is 12.0 Å². The lowest BCUT2D eigenvalue weighted by Crippen LogP contribution is -2.52. The molecule has 1 saturated heterocycles. The minimum atomic E-state index is -3.59. The maximum Gasteiger partial charge on any atom is 0.322 e. The van der Waals surface area contributed by atoms with Gasteiger partial charge in [0.1, 0.15) is 6.04 Å². The Bertz CT molecular complexity index is 466. The van der Waals surface area contributed by atoms with Gasteiger partial charge in [-0.15, -0.1) is 0 Å². The molecule has 1 heterocycles. The van der Waals surface area contributed by atoms with E-state index in [1.165, 1.54) is 4.31 Å². The molecule has 1 N–H and O–H groups in total. The molecule has 110 valence electrons. The molecule has 0 radical (unpaired) electrons. The first-order valence-corrected chi connectivity index (χ1v) is 8.36. The Hall–Kier alpha value is -0.620. The summed E-state index contributed by atoms with van der Waals surface area (Å²) in [5, 5.41) is 9.35. The maximum absolute atomic E-state index is 12.7. The Labute approximate surface area is 115 Å². The summed E-state index contributed by atoms with van der Waals surface area (Å²) in [5.41, 5.74) is 0. The molecule has 0 aromatic heterocycles. The Kier molecular flexibility index (Phi) is 3.68. The van der Waals surface area contributed by atoms with Crippen LogP contribution >= 0.6 is 0 Å². The Morgan fingerprint density at radius 3 is 2.32 bits per heavy atom. The standard InChI is InChI=1S/C13H23NO4S/c1-13(2,3)19(17,18)14-10-7-5-4-6-9(10)8-11(14)12(15)16/h9-11H,4-8H2,1-3H3,(H,15,16). The third kappa shape index (κ3) is 2.40. The minimum Gasteiger partial charge on any atom is -0.480 e. The fourth-order valence-electron chi connectivity index (χ4n) is 3.29. The van der Waals surface area contributed by atoms with Crippen molar-refractivity contribution in [3.63, 3.8) is 0 Å². The molecular formula is C13H23NO4S. The van der Waals surface area contributed by atoms with Gasteiger partial charge >= 0.3 is 5.97 Å². The molecule has 0 aromatic carbocycles. The van der Waals surface area contributed by atoms with Crippen LogP contribution in [0.15, 0.2) is 0 Å². The van der Waals surface area contributed by atoms with E-state index in [4.69, 9.17) is 0 Å². The smallest absolute Gasteiger partial charge is 0.322 e. The molecule has 2 fully saturated rings. The van der Waals surface area contributed by atoms with Crippen molar-refractivity contribution in [2.24, 2.45) is 5.92 Å². The summed E-state index contributed by atoms with van der Waals surface area (Å²) < 4.78 is 25.7. The highest BCUT2D eigenvalue weighted by molar-refractivity contribution is 7.90. The van der Waals surface area contributed by atoms with Crippen LogP contribution in [-0.2, 0) is 14.8 Å². The van der Waals surface area contributed by atoms with Crippen molar-refractivity contribution in [2.75, 3.05) is 0 Å². The van der Waals surface area contributed by atoms with Crippen molar-refractivity contribution < 1.29 is 18.3 Å². The summed E-state index contributed by atoms with van der Waals surface area (Å²) in [6.45, 7) is 4.91. The predicted molar refractivity (Wildman–Crippen MR) is 72.3 cm³/mol. The van der Waals surface area contributed by atoms with Crippen LogP contribution in [0.3, 0.4) is 0 Å². The first kappa shape index (κ1) is 14.8. The van der Waals surface area contributed by atoms with E-state index in [2.05, 4.69) is 0 Å². The van der Waals surface area contributed by atoms with Gasteiger partial charge in [-0.1, -0.05) is 12.8 Å². The van der Waals surface area contributed by atoms with Crippen molar-refractivity contribution in [3.05, 3.63) is 0 Å². The highest BCUT2D eigenvalue weighted by Gasteiger charge is 2.53. The second kappa shape index (κ2) is 4.74. The summed E-state index contributed by atoms with van der Waals surface area (Å²) >= 11 is 0. The Morgan fingerprint density at radius 1 is 1.21 bits per heavy atom. The fourth-order valence-corrected chi connectivity index (χ4v) is 5.07. The van der Waals surface area contributed by atoms with Gasteiger partial charge in [0.05, 0.1) is 4.75 Å². The van der Waals surface area contributed by atoms with Crippen LogP contribution in [0.4, 0.5) is 0 Å². The highest BCUT2D eigenvalue weighted by Crippen LogP contribution is 2.43. The number of carboxylic acids is 1. The van der Waals surface area contributed by atoms with E-state index in [0.717, 1.165) is 25.7 Å². The zero-order valence-corrected chi connectivity index (χ0v) is 12.6. The molecule has 0 bridgehead atoms. The molecule has 0 amide bonds. The molecule has 0 aromatic rings. The minimum absolute atomic E-state index is 0.112. The zero-order chi connectivity index (χ0) is 14.4. The van der Waals surface area contributed by atoms with Gasteiger partial charge in [-0.2, -0.15) is 4.31 Å². The summed E-state index contributed by atoms with van der Waals surface area (Å²) in [6, 6.07) is -0.989. The molecule has 5 nitrogen and oxygen atoms in total. The van der Waals surface area contributed by atoms with Crippen molar-refractivity contribution in [3.8, 4) is 0 Å². The average molecular weight is 289 g/mol. The number of fused-ring (bicyclic) bond motifs is 1. The number of hydrogen-bond donors (Lipinski definition) is 1. The highest BCUT2D eigenvalue weighted by atomic mass is 32.2. The number of hydrogen-bond acceptors (Lipinski definition) is 3. The average Bonchev–Trinajstić information content (AvgIpc) is 2.66. The van der Waals surface area contributed by atoms with Crippen molar-refractivity contribution in [1.82, 2.24) is 4.31 Å². The molecule has 3 atom stereocenters. The van der Waals surface area contributed by atoms with Crippen LogP contribution in [-0.4, -0.2) is 40.6 Å². The van der Waals surface area contributed by atoms with Gasteiger partial charge in [0.15, 0.2) is 0 Å². The quantitative estimate of drug-likeness (QED) is 0.841. The number of nitrogens with zero attached hydrogens (tertiary/aromatic N) is 1. The zero-order valence-electron chi connectivity index (χ0n) is 11.8. The maximum atomic E-state index is 12.7. The summed E-state index contributed by atoms with van der Waals surface area (Å²) in [7, 11) is -3.59. The molecule has 6 heteroatoms. The lowest BCUT2D eigenvalue weighted by molar-refractivity contribution is -0.141. The van der Waals surface area contributed by atoms with Crippen LogP contribution in [0, 0.1) is 5.92 Å². The van der Waals surface area contributed by atoms with Crippen LogP contribution in [0.1, 0.15) is 52.9 Å². The number of carbonyl (C=O) groups is 1. The van der Waals surface area contributed by atoms with E-state index < -0.39 is 26.8 Å². The summed E-state index contributed by atoms with van der Waals surface area (Å²) in [6.07, 6.45) is 4.28. The van der Waals surface area contributed by atoms with E-state index in [9.17, 15) is 18.3 Å². The fraction of sp³-hybridized carbons (Fsp3) is 0.923. The van der Waals surface area contributed by atoms with E-state index >= 15 is 0 Å². The van der Waals surface area contributed by atoms with Gasteiger partial charge in [-0.05, 0) is 46.0 Å². The molecule has 0 spiro atoms. The molecular weight excluding hydrogens is 266 g/mol. The SMILES string of the molecule is CC(C)(C)S(=O)(=O)N1C(C(=O)O)CC2CCCCC21. The molecule has 2 rings (SSSR count). The van der Waals surface area contributed by atoms with E-state index in [1.54, 1.807) is 20.8 Å². The molecule has 1 aliphatic heterocycles. The van der Waals surface area contributed by atoms with Gasteiger partial charge in [0, 0.05) is 6.04 Å². The monoisotopic (exact) mass is 289 g/mol. The second-order valence-electron chi connectivity index (χ2n) is 6.65. The molecule has 1 saturated carbocycles. The molecule has 1 aliphatic carbocycles. The van der Waals surface area contributed by atoms with Gasteiger partial charge in [0.2, 0.25) is 10.0 Å². The largest absolute Gasteiger partial charge is 0.480 e. The number of carboxylic acid groups (broad SMARTS) is 1. The summed E-state index contributed by atoms with van der Waals surface area (Å²) in [5.74, 6) is -0.797. The van der Waals surface area contributed by atoms with Crippen molar-refractivity contribution >= 4 is 16.0 Å². The first-order valence-electron chi connectivity index (χ1n) is 6.92. The van der Waals surface area contributed by atoms with E-state index in [1.807, 2.05) is 0 Å². The first-order chi connectivity index (χ1) is 8.66. The summed E-state index contributed by atoms with van der Waals surface area (Å²) in [4.78, 5) is 11.4. The normalized spacial score (nSPS) is 33.1. The number of aliphatic carboxylic acids is 1. The molecule has 3 unspecified atom stereocenters.